The van der Waals surface area contributed by atoms with Crippen LogP contribution in [0.5, 0.6) is 11.5 Å². The Kier molecular flexibility index (Phi) is 17.6. The van der Waals surface area contributed by atoms with Crippen molar-refractivity contribution in [2.45, 2.75) is 129 Å². The number of ether oxygens (including phenoxy) is 2. The van der Waals surface area contributed by atoms with E-state index in [1.807, 2.05) is 64.1 Å². The lowest BCUT2D eigenvalue weighted by Gasteiger charge is -2.30. The van der Waals surface area contributed by atoms with Crippen molar-refractivity contribution < 1.29 is 37.4 Å². The second kappa shape index (κ2) is 25.1. The molecule has 4 amide bonds. The number of carbonyl (C=O) groups is 4. The highest BCUT2D eigenvalue weighted by molar-refractivity contribution is 6.03. The molecule has 4 aromatic carbocycles. The highest BCUT2D eigenvalue weighted by Gasteiger charge is 2.45. The number of pyridine rings is 2. The van der Waals surface area contributed by atoms with Crippen LogP contribution in [0.4, 0.5) is 20.2 Å². The van der Waals surface area contributed by atoms with Gasteiger partial charge in [-0.1, -0.05) is 74.5 Å². The number of hydrogen-bond donors (Lipinski definition) is 6. The predicted octanol–water partition coefficient (Wildman–Crippen LogP) is 5.97. The molecule has 0 spiro atoms. The number of fused-ring (bicyclic) bond motifs is 3. The van der Waals surface area contributed by atoms with Crippen LogP contribution in [0.2, 0.25) is 0 Å². The van der Waals surface area contributed by atoms with Crippen molar-refractivity contribution in [3.8, 4) is 11.5 Å². The van der Waals surface area contributed by atoms with E-state index < -0.39 is 82.3 Å². The van der Waals surface area contributed by atoms with Crippen molar-refractivity contribution >= 4 is 45.8 Å². The van der Waals surface area contributed by atoms with Gasteiger partial charge >= 0.3 is 0 Å². The fourth-order valence-electron chi connectivity index (χ4n) is 11.1. The number of anilines is 2. The minimum Gasteiger partial charge on any atom is -0.487 e. The molecule has 4 aromatic heterocycles. The number of aromatic nitrogens is 8. The summed E-state index contributed by atoms with van der Waals surface area (Å²) in [6, 6.07) is 21.4. The summed E-state index contributed by atoms with van der Waals surface area (Å²) in [6.45, 7) is 15.1. The zero-order chi connectivity index (χ0) is 62.9. The smallest absolute Gasteiger partial charge is 0.251 e. The number of halogens is 2. The van der Waals surface area contributed by atoms with Gasteiger partial charge in [0.25, 0.3) is 22.9 Å². The van der Waals surface area contributed by atoms with Gasteiger partial charge in [0, 0.05) is 59.3 Å². The van der Waals surface area contributed by atoms with Crippen LogP contribution < -0.4 is 51.7 Å². The number of benzene rings is 4. The second-order valence-corrected chi connectivity index (χ2v) is 24.1. The highest BCUT2D eigenvalue weighted by Crippen LogP contribution is 2.41. The molecular weight excluding hydrogens is 1130 g/mol. The molecule has 460 valence electrons. The molecule has 6 heterocycles. The summed E-state index contributed by atoms with van der Waals surface area (Å²) >= 11 is 0. The summed E-state index contributed by atoms with van der Waals surface area (Å²) in [5, 5.41) is 30.9. The van der Waals surface area contributed by atoms with Crippen molar-refractivity contribution in [3.63, 3.8) is 0 Å². The van der Waals surface area contributed by atoms with Gasteiger partial charge in [-0.15, -0.1) is 10.2 Å². The quantitative estimate of drug-likeness (QED) is 0.0457. The number of carbonyl (C=O) groups excluding carboxylic acids is 4. The molecule has 2 aliphatic heterocycles. The SMILES string of the molecule is CN[C@@H](C)C(=O)N[C@H](C(=O)N1CC(C)(C)c2[nH]c(=O)c(Cc3ccc(F)cc3)cc21)[C@H](C)n1cc(COc2ccc3cc(OCc4cn([C@@H](C)[C@H](NC(=O)[C@H](C)NC)C(=O)N5CC(C)(C)c6[nH]c(=O)c(Cc7ccc(F)cc7)cc65)nn4)ccc3c2)nn1. The Hall–Kier alpha value is -9.42. The molecule has 0 bridgehead atoms. The summed E-state index contributed by atoms with van der Waals surface area (Å²) in [5.41, 5.74) is 3.47. The van der Waals surface area contributed by atoms with Gasteiger partial charge < -0.3 is 50.5 Å². The summed E-state index contributed by atoms with van der Waals surface area (Å²) in [7, 11) is 3.29. The molecule has 0 unspecified atom stereocenters. The number of nitrogens with zero attached hydrogens (tertiary/aromatic N) is 8. The van der Waals surface area contributed by atoms with Gasteiger partial charge in [-0.05, 0) is 124 Å². The topological polar surface area (TPSA) is 268 Å². The molecule has 6 atom stereocenters. The van der Waals surface area contributed by atoms with E-state index in [1.54, 1.807) is 100 Å². The zero-order valence-corrected chi connectivity index (χ0v) is 50.7. The third kappa shape index (κ3) is 13.1. The fraction of sp³-hybridized carbons (Fsp3) is 0.375. The fourth-order valence-corrected chi connectivity index (χ4v) is 11.1. The highest BCUT2D eigenvalue weighted by atomic mass is 19.1. The van der Waals surface area contributed by atoms with Crippen LogP contribution in [0, 0.1) is 11.6 Å². The van der Waals surface area contributed by atoms with Crippen LogP contribution >= 0.6 is 0 Å². The van der Waals surface area contributed by atoms with Crippen LogP contribution in [0.1, 0.15) is 113 Å². The first-order chi connectivity index (χ1) is 41.9. The Morgan fingerprint density at radius 1 is 0.568 bits per heavy atom. The molecule has 22 nitrogen and oxygen atoms in total. The minimum atomic E-state index is -1.12. The zero-order valence-electron chi connectivity index (χ0n) is 50.7. The third-order valence-corrected chi connectivity index (χ3v) is 16.6. The molecular formula is C64H72F2N14O8. The van der Waals surface area contributed by atoms with Gasteiger partial charge in [-0.25, -0.2) is 18.1 Å². The average Bonchev–Trinajstić information content (AvgIpc) is 2.77. The number of nitrogens with one attached hydrogen (secondary N) is 6. The molecule has 0 saturated heterocycles. The van der Waals surface area contributed by atoms with E-state index in [2.05, 4.69) is 51.9 Å². The lowest BCUT2D eigenvalue weighted by atomic mass is 9.91. The number of aromatic amines is 2. The van der Waals surface area contributed by atoms with Crippen molar-refractivity contribution in [1.29, 1.82) is 0 Å². The van der Waals surface area contributed by atoms with E-state index in [-0.39, 0.29) is 50.3 Å². The maximum Gasteiger partial charge on any atom is 0.251 e. The van der Waals surface area contributed by atoms with Crippen LogP contribution in [0.3, 0.4) is 0 Å². The number of amides is 4. The predicted molar refractivity (Wildman–Crippen MR) is 326 cm³/mol. The molecule has 0 radical (unpaired) electrons. The molecule has 88 heavy (non-hydrogen) atoms. The molecule has 24 heteroatoms. The standard InChI is InChI=1S/C64H72F2N14O8/c1-35(67-9)57(81)69-53(61(85)77-33-63(5,6)55-51(77)27-43(59(83)71-55)23-39-11-17-45(65)18-12-39)37(3)79-29-47(73-75-79)31-87-49-21-15-42-26-50(22-16-41(42)25-49)88-32-48-30-80(76-74-48)38(4)54(70-58(82)36(2)68-10)62(86)78-34-64(7,8)56-52(78)28-44(60(84)72-56)24-40-13-19-46(66)20-14-40/h11-22,25-30,35-38,53-54,67-68H,23-24,31-34H2,1-10H3,(H,69,81)(H,70,82)(H,71,83)(H,72,84)/t35-,36-,37-,38-,53-,54-/m0/s1. The summed E-state index contributed by atoms with van der Waals surface area (Å²) < 4.78 is 42.9. The van der Waals surface area contributed by atoms with Gasteiger partial charge in [-0.2, -0.15) is 0 Å². The molecule has 2 aliphatic rings. The first kappa shape index (κ1) is 61.7. The van der Waals surface area contributed by atoms with Crippen molar-refractivity contribution in [2.24, 2.45) is 0 Å². The van der Waals surface area contributed by atoms with E-state index in [1.165, 1.54) is 33.6 Å². The molecule has 0 saturated carbocycles. The van der Waals surface area contributed by atoms with Crippen LogP contribution in [-0.2, 0) is 56.1 Å². The van der Waals surface area contributed by atoms with Gasteiger partial charge in [0.15, 0.2) is 0 Å². The van der Waals surface area contributed by atoms with Crippen molar-refractivity contribution in [2.75, 3.05) is 37.0 Å². The van der Waals surface area contributed by atoms with Gasteiger partial charge in [0.2, 0.25) is 11.8 Å². The number of likely N-dealkylation sites (N-methyl/N-ethyl adjacent to an activating group) is 2. The van der Waals surface area contributed by atoms with Crippen molar-refractivity contribution in [1.82, 2.24) is 61.2 Å². The maximum atomic E-state index is 14.9. The number of rotatable bonds is 22. The van der Waals surface area contributed by atoms with Crippen LogP contribution in [0.15, 0.2) is 119 Å². The minimum absolute atomic E-state index is 0.0298. The third-order valence-electron chi connectivity index (χ3n) is 16.6. The van der Waals surface area contributed by atoms with E-state index in [9.17, 15) is 37.5 Å². The Bertz CT molecular complexity index is 3790. The number of hydrogen-bond acceptors (Lipinski definition) is 14. The Balaban J connectivity index is 0.791. The summed E-state index contributed by atoms with van der Waals surface area (Å²) in [4.78, 5) is 92.7. The first-order valence-corrected chi connectivity index (χ1v) is 29.1. The molecule has 10 rings (SSSR count). The monoisotopic (exact) mass is 1200 g/mol. The molecule has 6 N–H and O–H groups in total. The van der Waals surface area contributed by atoms with E-state index in [4.69, 9.17) is 9.47 Å². The summed E-state index contributed by atoms with van der Waals surface area (Å²) in [6.07, 6.45) is 3.75. The maximum absolute atomic E-state index is 14.9. The van der Waals surface area contributed by atoms with Crippen molar-refractivity contribution in [3.05, 3.63) is 187 Å². The van der Waals surface area contributed by atoms with E-state index >= 15 is 0 Å². The van der Waals surface area contributed by atoms with E-state index in [0.29, 0.717) is 56.8 Å². The normalized spacial score (nSPS) is 16.0. The Morgan fingerprint density at radius 3 is 1.31 bits per heavy atom. The molecule has 0 aliphatic carbocycles. The lowest BCUT2D eigenvalue weighted by molar-refractivity contribution is -0.129. The largest absolute Gasteiger partial charge is 0.487 e. The van der Waals surface area contributed by atoms with Gasteiger partial charge in [0.1, 0.15) is 59.8 Å². The number of H-pyrrole nitrogens is 2. The Morgan fingerprint density at radius 2 is 0.943 bits per heavy atom. The molecule has 8 aromatic rings. The lowest BCUT2D eigenvalue weighted by Crippen LogP contribution is -2.55. The average molecular weight is 1200 g/mol. The van der Waals surface area contributed by atoms with Gasteiger partial charge in [0.05, 0.1) is 47.9 Å². The van der Waals surface area contributed by atoms with E-state index in [0.717, 1.165) is 21.9 Å². The first-order valence-electron chi connectivity index (χ1n) is 29.1. The summed E-state index contributed by atoms with van der Waals surface area (Å²) in [5.74, 6) is -1.32. The second-order valence-electron chi connectivity index (χ2n) is 24.1. The van der Waals surface area contributed by atoms with Crippen LogP contribution in [0.25, 0.3) is 10.8 Å². The Labute approximate surface area is 506 Å². The molecule has 0 fully saturated rings. The van der Waals surface area contributed by atoms with Gasteiger partial charge in [-0.3, -0.25) is 28.8 Å². The van der Waals surface area contributed by atoms with Crippen LogP contribution in [-0.4, -0.2) is 115 Å².